The van der Waals surface area contributed by atoms with Crippen molar-refractivity contribution in [2.24, 2.45) is 11.5 Å². The van der Waals surface area contributed by atoms with E-state index in [-0.39, 0.29) is 0 Å². The van der Waals surface area contributed by atoms with Crippen molar-refractivity contribution in [2.45, 2.75) is 6.92 Å². The second kappa shape index (κ2) is 4.37. The Labute approximate surface area is 83.9 Å². The van der Waals surface area contributed by atoms with Crippen LogP contribution in [0.2, 0.25) is 0 Å². The third kappa shape index (κ3) is 2.29. The molecule has 0 spiro atoms. The van der Waals surface area contributed by atoms with Crippen molar-refractivity contribution < 1.29 is 0 Å². The molecule has 0 atom stereocenters. The average Bonchev–Trinajstić information content (AvgIpc) is 2.18. The monoisotopic (exact) mass is 189 g/mol. The number of hydrogen-bond donors (Lipinski definition) is 3. The van der Waals surface area contributed by atoms with E-state index in [0.717, 1.165) is 11.1 Å². The Morgan fingerprint density at radius 3 is 2.71 bits per heavy atom. The average molecular weight is 189 g/mol. The standard InChI is InChI=1S/C11H15N3/c1-8-4-5-9(13)7-10(8)11(14)3-2-6-12/h2-7H,12-14H2,1H3/b6-2-,11-3-. The van der Waals surface area contributed by atoms with Crippen LogP contribution in [-0.4, -0.2) is 0 Å². The van der Waals surface area contributed by atoms with Gasteiger partial charge in [0, 0.05) is 16.9 Å². The molecule has 3 nitrogen and oxygen atoms in total. The van der Waals surface area contributed by atoms with Crippen LogP contribution < -0.4 is 17.2 Å². The van der Waals surface area contributed by atoms with Gasteiger partial charge in [0.15, 0.2) is 0 Å². The molecular formula is C11H15N3. The minimum Gasteiger partial charge on any atom is -0.405 e. The lowest BCUT2D eigenvalue weighted by Crippen LogP contribution is -1.99. The van der Waals surface area contributed by atoms with E-state index in [9.17, 15) is 0 Å². The second-order valence-corrected chi connectivity index (χ2v) is 3.08. The summed E-state index contributed by atoms with van der Waals surface area (Å²) in [5.41, 5.74) is 20.1. The molecule has 6 N–H and O–H groups in total. The van der Waals surface area contributed by atoms with Crippen molar-refractivity contribution in [2.75, 3.05) is 5.73 Å². The summed E-state index contributed by atoms with van der Waals surface area (Å²) in [6, 6.07) is 5.65. The molecule has 74 valence electrons. The fraction of sp³-hybridized carbons (Fsp3) is 0.0909. The Bertz CT molecular complexity index is 378. The maximum absolute atomic E-state index is 5.85. The maximum Gasteiger partial charge on any atom is 0.0391 e. The van der Waals surface area contributed by atoms with Gasteiger partial charge < -0.3 is 17.2 Å². The van der Waals surface area contributed by atoms with Gasteiger partial charge in [-0.3, -0.25) is 0 Å². The van der Waals surface area contributed by atoms with Crippen LogP contribution in [0.4, 0.5) is 5.69 Å². The zero-order valence-corrected chi connectivity index (χ0v) is 8.20. The Morgan fingerprint density at radius 1 is 1.36 bits per heavy atom. The van der Waals surface area contributed by atoms with E-state index in [1.807, 2.05) is 25.1 Å². The van der Waals surface area contributed by atoms with Gasteiger partial charge in [0.05, 0.1) is 0 Å². The Kier molecular flexibility index (Phi) is 3.18. The molecule has 0 saturated heterocycles. The zero-order chi connectivity index (χ0) is 10.6. The fourth-order valence-corrected chi connectivity index (χ4v) is 1.20. The highest BCUT2D eigenvalue weighted by molar-refractivity contribution is 5.69. The van der Waals surface area contributed by atoms with E-state index in [2.05, 4.69) is 0 Å². The SMILES string of the molecule is Cc1ccc(N)cc1/C(N)=C/C=C\N. The van der Waals surface area contributed by atoms with Crippen molar-refractivity contribution in [3.8, 4) is 0 Å². The Hall–Kier alpha value is -1.90. The van der Waals surface area contributed by atoms with Gasteiger partial charge in [-0.05, 0) is 43.0 Å². The van der Waals surface area contributed by atoms with Gasteiger partial charge in [-0.2, -0.15) is 0 Å². The van der Waals surface area contributed by atoms with Gasteiger partial charge in [0.1, 0.15) is 0 Å². The minimum absolute atomic E-state index is 0.663. The quantitative estimate of drug-likeness (QED) is 0.485. The summed E-state index contributed by atoms with van der Waals surface area (Å²) >= 11 is 0. The van der Waals surface area contributed by atoms with E-state index in [1.165, 1.54) is 6.20 Å². The summed E-state index contributed by atoms with van der Waals surface area (Å²) in [5.74, 6) is 0. The summed E-state index contributed by atoms with van der Waals surface area (Å²) < 4.78 is 0. The predicted octanol–water partition coefficient (Wildman–Crippen LogP) is 1.35. The molecule has 0 aliphatic heterocycles. The fourth-order valence-electron chi connectivity index (χ4n) is 1.20. The molecule has 0 fully saturated rings. The number of nitrogen functional groups attached to an aromatic ring is 1. The number of nitrogens with two attached hydrogens (primary N) is 3. The summed E-state index contributed by atoms with van der Waals surface area (Å²) in [6.45, 7) is 1.99. The normalized spacial score (nSPS) is 12.2. The number of benzene rings is 1. The van der Waals surface area contributed by atoms with Crippen molar-refractivity contribution in [1.82, 2.24) is 0 Å². The number of rotatable bonds is 2. The molecule has 0 heterocycles. The van der Waals surface area contributed by atoms with Crippen LogP contribution in [0, 0.1) is 6.92 Å². The van der Waals surface area contributed by atoms with Crippen LogP contribution in [0.1, 0.15) is 11.1 Å². The van der Waals surface area contributed by atoms with Crippen LogP contribution in [-0.2, 0) is 0 Å². The van der Waals surface area contributed by atoms with Crippen molar-refractivity contribution in [3.05, 3.63) is 47.7 Å². The highest BCUT2D eigenvalue weighted by atomic mass is 14.6. The minimum atomic E-state index is 0.663. The van der Waals surface area contributed by atoms with Crippen molar-refractivity contribution >= 4 is 11.4 Å². The molecule has 0 amide bonds. The molecule has 0 unspecified atom stereocenters. The van der Waals surface area contributed by atoms with E-state index in [0.29, 0.717) is 11.4 Å². The van der Waals surface area contributed by atoms with Gasteiger partial charge in [-0.15, -0.1) is 0 Å². The van der Waals surface area contributed by atoms with Crippen molar-refractivity contribution in [1.29, 1.82) is 0 Å². The van der Waals surface area contributed by atoms with Gasteiger partial charge in [0.2, 0.25) is 0 Å². The number of hydrogen-bond acceptors (Lipinski definition) is 3. The first kappa shape index (κ1) is 10.2. The lowest BCUT2D eigenvalue weighted by atomic mass is 10.0. The van der Waals surface area contributed by atoms with Gasteiger partial charge in [-0.25, -0.2) is 0 Å². The highest BCUT2D eigenvalue weighted by Crippen LogP contribution is 2.17. The molecule has 3 heteroatoms. The first-order valence-electron chi connectivity index (χ1n) is 4.35. The third-order valence-corrected chi connectivity index (χ3v) is 1.96. The smallest absolute Gasteiger partial charge is 0.0391 e. The Morgan fingerprint density at radius 2 is 2.07 bits per heavy atom. The lowest BCUT2D eigenvalue weighted by molar-refractivity contribution is 1.39. The second-order valence-electron chi connectivity index (χ2n) is 3.08. The molecule has 1 aromatic carbocycles. The first-order chi connectivity index (χ1) is 6.65. The molecule has 1 rings (SSSR count). The number of aryl methyl sites for hydroxylation is 1. The van der Waals surface area contributed by atoms with E-state index in [1.54, 1.807) is 12.2 Å². The van der Waals surface area contributed by atoms with Gasteiger partial charge >= 0.3 is 0 Å². The lowest BCUT2D eigenvalue weighted by Gasteiger charge is -2.06. The summed E-state index contributed by atoms with van der Waals surface area (Å²) in [6.07, 6.45) is 4.88. The van der Waals surface area contributed by atoms with E-state index in [4.69, 9.17) is 17.2 Å². The van der Waals surface area contributed by atoms with Crippen LogP contribution in [0.15, 0.2) is 36.6 Å². The molecule has 0 aromatic heterocycles. The molecule has 0 bridgehead atoms. The summed E-state index contributed by atoms with van der Waals surface area (Å²) in [4.78, 5) is 0. The topological polar surface area (TPSA) is 78.1 Å². The van der Waals surface area contributed by atoms with Gasteiger partial charge in [-0.1, -0.05) is 6.07 Å². The van der Waals surface area contributed by atoms with Crippen LogP contribution in [0.5, 0.6) is 0 Å². The molecule has 0 aliphatic rings. The van der Waals surface area contributed by atoms with Crippen LogP contribution >= 0.6 is 0 Å². The zero-order valence-electron chi connectivity index (χ0n) is 8.20. The van der Waals surface area contributed by atoms with Crippen LogP contribution in [0.25, 0.3) is 5.70 Å². The van der Waals surface area contributed by atoms with E-state index < -0.39 is 0 Å². The molecule has 0 saturated carbocycles. The van der Waals surface area contributed by atoms with Crippen LogP contribution in [0.3, 0.4) is 0 Å². The number of allylic oxidation sites excluding steroid dienone is 2. The Balaban J connectivity index is 3.11. The molecule has 14 heavy (non-hydrogen) atoms. The highest BCUT2D eigenvalue weighted by Gasteiger charge is 2.00. The van der Waals surface area contributed by atoms with Gasteiger partial charge in [0.25, 0.3) is 0 Å². The summed E-state index contributed by atoms with van der Waals surface area (Å²) in [5, 5.41) is 0. The van der Waals surface area contributed by atoms with Crippen molar-refractivity contribution in [3.63, 3.8) is 0 Å². The molecular weight excluding hydrogens is 174 g/mol. The summed E-state index contributed by atoms with van der Waals surface area (Å²) in [7, 11) is 0. The predicted molar refractivity (Wildman–Crippen MR) is 61.1 cm³/mol. The first-order valence-corrected chi connectivity index (χ1v) is 4.35. The molecule has 1 aromatic rings. The molecule has 0 aliphatic carbocycles. The van der Waals surface area contributed by atoms with E-state index >= 15 is 0 Å². The largest absolute Gasteiger partial charge is 0.405 e. The maximum atomic E-state index is 5.85. The third-order valence-electron chi connectivity index (χ3n) is 1.96. The molecule has 0 radical (unpaired) electrons. The number of anilines is 1.